The molecule has 0 heterocycles. The van der Waals surface area contributed by atoms with Crippen molar-refractivity contribution in [3.8, 4) is 0 Å². The van der Waals surface area contributed by atoms with E-state index in [0.29, 0.717) is 16.3 Å². The normalized spacial score (nSPS) is 11.5. The van der Waals surface area contributed by atoms with Crippen LogP contribution in [-0.4, -0.2) is 25.2 Å². The number of halogens is 2. The summed E-state index contributed by atoms with van der Waals surface area (Å²) < 4.78 is 28.6. The predicted molar refractivity (Wildman–Crippen MR) is 128 cm³/mol. The standard InChI is InChI=1S/C23H22BrClN2O3S/c1-16-6-5-7-17(2)23(16)26-22(28)15-27(14-18-8-3-4-9-21(18)25)31(29,30)20-12-10-19(24)11-13-20/h3-13H,14-15H2,1-2H3,(H,26,28). The third-order valence-corrected chi connectivity index (χ3v) is 7.52. The van der Waals surface area contributed by atoms with Crippen LogP contribution in [0.2, 0.25) is 5.02 Å². The first kappa shape index (κ1) is 23.5. The minimum atomic E-state index is -3.95. The quantitative estimate of drug-likeness (QED) is 0.443. The summed E-state index contributed by atoms with van der Waals surface area (Å²) in [4.78, 5) is 13.0. The molecule has 1 N–H and O–H groups in total. The van der Waals surface area contributed by atoms with Crippen LogP contribution in [0.25, 0.3) is 0 Å². The Morgan fingerprint density at radius 2 is 1.58 bits per heavy atom. The molecule has 162 valence electrons. The second kappa shape index (κ2) is 9.96. The fourth-order valence-electron chi connectivity index (χ4n) is 3.15. The maximum atomic E-state index is 13.4. The highest BCUT2D eigenvalue weighted by atomic mass is 79.9. The van der Waals surface area contributed by atoms with Crippen molar-refractivity contribution in [3.05, 3.63) is 92.9 Å². The first-order valence-electron chi connectivity index (χ1n) is 9.53. The van der Waals surface area contributed by atoms with Crippen LogP contribution < -0.4 is 5.32 Å². The highest BCUT2D eigenvalue weighted by Crippen LogP contribution is 2.24. The van der Waals surface area contributed by atoms with Crippen molar-refractivity contribution in [2.24, 2.45) is 0 Å². The monoisotopic (exact) mass is 520 g/mol. The average molecular weight is 522 g/mol. The number of carbonyl (C=O) groups excluding carboxylic acids is 1. The summed E-state index contributed by atoms with van der Waals surface area (Å²) in [6, 6.07) is 19.0. The predicted octanol–water partition coefficient (Wildman–Crippen LogP) is 5.55. The second-order valence-corrected chi connectivity index (χ2v) is 10.4. The van der Waals surface area contributed by atoms with Gasteiger partial charge in [0.1, 0.15) is 0 Å². The Bertz CT molecular complexity index is 1180. The number of amides is 1. The maximum Gasteiger partial charge on any atom is 0.243 e. The third kappa shape index (κ3) is 5.74. The molecule has 3 aromatic rings. The number of anilines is 1. The molecule has 0 radical (unpaired) electrons. The fraction of sp³-hybridized carbons (Fsp3) is 0.174. The summed E-state index contributed by atoms with van der Waals surface area (Å²) >= 11 is 9.58. The number of carbonyl (C=O) groups is 1. The zero-order valence-electron chi connectivity index (χ0n) is 17.1. The maximum absolute atomic E-state index is 13.4. The Morgan fingerprint density at radius 1 is 0.968 bits per heavy atom. The van der Waals surface area contributed by atoms with E-state index in [2.05, 4.69) is 21.2 Å². The Balaban J connectivity index is 1.92. The van der Waals surface area contributed by atoms with E-state index in [9.17, 15) is 13.2 Å². The van der Waals surface area contributed by atoms with Gasteiger partial charge >= 0.3 is 0 Å². The lowest BCUT2D eigenvalue weighted by Crippen LogP contribution is -2.37. The van der Waals surface area contributed by atoms with Crippen molar-refractivity contribution < 1.29 is 13.2 Å². The van der Waals surface area contributed by atoms with Gasteiger partial charge in [-0.2, -0.15) is 4.31 Å². The zero-order valence-corrected chi connectivity index (χ0v) is 20.3. The van der Waals surface area contributed by atoms with Gasteiger partial charge in [0, 0.05) is 21.7 Å². The molecule has 0 bridgehead atoms. The van der Waals surface area contributed by atoms with E-state index in [1.165, 1.54) is 12.1 Å². The molecule has 0 saturated carbocycles. The van der Waals surface area contributed by atoms with Gasteiger partial charge in [-0.05, 0) is 60.9 Å². The number of para-hydroxylation sites is 1. The molecule has 3 aromatic carbocycles. The van der Waals surface area contributed by atoms with E-state index in [1.54, 1.807) is 36.4 Å². The Hall–Kier alpha value is -2.19. The van der Waals surface area contributed by atoms with Crippen molar-refractivity contribution in [2.75, 3.05) is 11.9 Å². The first-order chi connectivity index (χ1) is 14.7. The van der Waals surface area contributed by atoms with E-state index in [0.717, 1.165) is 19.9 Å². The summed E-state index contributed by atoms with van der Waals surface area (Å²) in [5, 5.41) is 3.30. The van der Waals surface area contributed by atoms with Crippen molar-refractivity contribution in [3.63, 3.8) is 0 Å². The molecule has 0 aromatic heterocycles. The number of sulfonamides is 1. The van der Waals surface area contributed by atoms with Crippen molar-refractivity contribution >= 4 is 49.1 Å². The van der Waals surface area contributed by atoms with E-state index in [1.807, 2.05) is 32.0 Å². The molecule has 0 saturated heterocycles. The summed E-state index contributed by atoms with van der Waals surface area (Å²) in [5.74, 6) is -0.426. The largest absolute Gasteiger partial charge is 0.324 e. The van der Waals surface area contributed by atoms with Crippen LogP contribution in [0.15, 0.2) is 76.1 Å². The molecular weight excluding hydrogens is 500 g/mol. The average Bonchev–Trinajstić information content (AvgIpc) is 2.72. The number of aryl methyl sites for hydroxylation is 2. The van der Waals surface area contributed by atoms with Crippen LogP contribution in [0, 0.1) is 13.8 Å². The number of hydrogen-bond donors (Lipinski definition) is 1. The number of hydrogen-bond acceptors (Lipinski definition) is 3. The molecule has 0 aliphatic carbocycles. The van der Waals surface area contributed by atoms with Crippen LogP contribution in [0.1, 0.15) is 16.7 Å². The van der Waals surface area contributed by atoms with E-state index < -0.39 is 15.9 Å². The van der Waals surface area contributed by atoms with Crippen LogP contribution in [0.3, 0.4) is 0 Å². The lowest BCUT2D eigenvalue weighted by atomic mass is 10.1. The molecule has 3 rings (SSSR count). The van der Waals surface area contributed by atoms with E-state index >= 15 is 0 Å². The minimum absolute atomic E-state index is 0.0295. The summed E-state index contributed by atoms with van der Waals surface area (Å²) in [6.45, 7) is 3.40. The third-order valence-electron chi connectivity index (χ3n) is 4.82. The van der Waals surface area contributed by atoms with Gasteiger partial charge in [-0.15, -0.1) is 0 Å². The Morgan fingerprint density at radius 3 is 2.19 bits per heavy atom. The minimum Gasteiger partial charge on any atom is -0.324 e. The number of benzene rings is 3. The van der Waals surface area contributed by atoms with Gasteiger partial charge in [-0.1, -0.05) is 63.9 Å². The molecule has 0 unspecified atom stereocenters. The van der Waals surface area contributed by atoms with Gasteiger partial charge in [0.15, 0.2) is 0 Å². The lowest BCUT2D eigenvalue weighted by molar-refractivity contribution is -0.116. The summed E-state index contributed by atoms with van der Waals surface area (Å²) in [6.07, 6.45) is 0. The van der Waals surface area contributed by atoms with Gasteiger partial charge in [0.25, 0.3) is 0 Å². The molecule has 5 nitrogen and oxygen atoms in total. The van der Waals surface area contributed by atoms with Crippen LogP contribution >= 0.6 is 27.5 Å². The van der Waals surface area contributed by atoms with Crippen LogP contribution in [-0.2, 0) is 21.4 Å². The van der Waals surface area contributed by atoms with Gasteiger partial charge in [0.05, 0.1) is 11.4 Å². The van der Waals surface area contributed by atoms with E-state index in [-0.39, 0.29) is 18.0 Å². The Kier molecular flexibility index (Phi) is 7.54. The molecule has 8 heteroatoms. The SMILES string of the molecule is Cc1cccc(C)c1NC(=O)CN(Cc1ccccc1Cl)S(=O)(=O)c1ccc(Br)cc1. The molecule has 0 spiro atoms. The van der Waals surface area contributed by atoms with Crippen molar-refractivity contribution in [1.82, 2.24) is 4.31 Å². The molecular formula is C23H22BrClN2O3S. The van der Waals surface area contributed by atoms with Gasteiger partial charge in [0.2, 0.25) is 15.9 Å². The molecule has 31 heavy (non-hydrogen) atoms. The van der Waals surface area contributed by atoms with Crippen molar-refractivity contribution in [2.45, 2.75) is 25.3 Å². The van der Waals surface area contributed by atoms with Crippen molar-refractivity contribution in [1.29, 1.82) is 0 Å². The highest BCUT2D eigenvalue weighted by molar-refractivity contribution is 9.10. The highest BCUT2D eigenvalue weighted by Gasteiger charge is 2.28. The smallest absolute Gasteiger partial charge is 0.243 e. The molecule has 0 aliphatic rings. The van der Waals surface area contributed by atoms with Gasteiger partial charge in [-0.3, -0.25) is 4.79 Å². The lowest BCUT2D eigenvalue weighted by Gasteiger charge is -2.23. The molecule has 0 fully saturated rings. The van der Waals surface area contributed by atoms with Crippen LogP contribution in [0.4, 0.5) is 5.69 Å². The molecule has 0 atom stereocenters. The van der Waals surface area contributed by atoms with E-state index in [4.69, 9.17) is 11.6 Å². The number of rotatable bonds is 7. The Labute approximate surface area is 196 Å². The molecule has 1 amide bonds. The first-order valence-corrected chi connectivity index (χ1v) is 12.1. The van der Waals surface area contributed by atoms with Gasteiger partial charge < -0.3 is 5.32 Å². The molecule has 0 aliphatic heterocycles. The summed E-state index contributed by atoms with van der Waals surface area (Å²) in [5.41, 5.74) is 3.11. The number of nitrogens with one attached hydrogen (secondary N) is 1. The van der Waals surface area contributed by atoms with Gasteiger partial charge in [-0.25, -0.2) is 8.42 Å². The zero-order chi connectivity index (χ0) is 22.6. The van der Waals surface area contributed by atoms with Crippen LogP contribution in [0.5, 0.6) is 0 Å². The second-order valence-electron chi connectivity index (χ2n) is 7.13. The fourth-order valence-corrected chi connectivity index (χ4v) is 4.98. The topological polar surface area (TPSA) is 66.5 Å². The number of nitrogens with zero attached hydrogens (tertiary/aromatic N) is 1. The summed E-state index contributed by atoms with van der Waals surface area (Å²) in [7, 11) is -3.95.